The lowest BCUT2D eigenvalue weighted by molar-refractivity contribution is 0.0895. The molecule has 0 bridgehead atoms. The van der Waals surface area contributed by atoms with Crippen LogP contribution in [0.2, 0.25) is 0 Å². The van der Waals surface area contributed by atoms with Crippen molar-refractivity contribution in [2.75, 3.05) is 19.7 Å². The first kappa shape index (κ1) is 17.4. The Balaban J connectivity index is 2.80. The van der Waals surface area contributed by atoms with Crippen molar-refractivity contribution in [2.45, 2.75) is 33.2 Å². The molecule has 21 heavy (non-hydrogen) atoms. The standard InChI is InChI=1S/C15H22F2N2O2/c1-10-5-4-6-11(2)14(10)12(3)18-15(21)19(7-8-20)9-13(16)17/h4-6,12-13,20H,7-9H2,1-3H3,(H,18,21)/t12-/m1/s1. The number of aryl methyl sites for hydroxylation is 2. The lowest BCUT2D eigenvalue weighted by atomic mass is 9.97. The largest absolute Gasteiger partial charge is 0.395 e. The van der Waals surface area contributed by atoms with Gasteiger partial charge in [-0.15, -0.1) is 0 Å². The van der Waals surface area contributed by atoms with Gasteiger partial charge in [0.05, 0.1) is 19.2 Å². The maximum atomic E-state index is 12.5. The third kappa shape index (κ3) is 4.97. The molecule has 1 atom stereocenters. The molecular formula is C15H22F2N2O2. The normalized spacial score (nSPS) is 12.3. The number of amides is 2. The van der Waals surface area contributed by atoms with Crippen molar-refractivity contribution in [1.82, 2.24) is 10.2 Å². The van der Waals surface area contributed by atoms with E-state index in [0.717, 1.165) is 21.6 Å². The maximum absolute atomic E-state index is 12.5. The number of benzene rings is 1. The van der Waals surface area contributed by atoms with E-state index in [4.69, 9.17) is 5.11 Å². The first-order chi connectivity index (χ1) is 9.86. The molecule has 0 spiro atoms. The van der Waals surface area contributed by atoms with E-state index in [-0.39, 0.29) is 19.2 Å². The number of aliphatic hydroxyl groups excluding tert-OH is 1. The number of hydrogen-bond donors (Lipinski definition) is 2. The van der Waals surface area contributed by atoms with Crippen LogP contribution in [0, 0.1) is 13.8 Å². The van der Waals surface area contributed by atoms with Crippen molar-refractivity contribution in [3.63, 3.8) is 0 Å². The lowest BCUT2D eigenvalue weighted by Crippen LogP contribution is -2.44. The highest BCUT2D eigenvalue weighted by Crippen LogP contribution is 2.21. The second-order valence-corrected chi connectivity index (χ2v) is 5.04. The summed E-state index contributed by atoms with van der Waals surface area (Å²) in [6, 6.07) is 4.92. The second kappa shape index (κ2) is 7.93. The minimum absolute atomic E-state index is 0.115. The molecule has 118 valence electrons. The van der Waals surface area contributed by atoms with Gasteiger partial charge in [-0.1, -0.05) is 18.2 Å². The van der Waals surface area contributed by atoms with Gasteiger partial charge in [-0.25, -0.2) is 13.6 Å². The van der Waals surface area contributed by atoms with Crippen LogP contribution in [0.25, 0.3) is 0 Å². The first-order valence-corrected chi connectivity index (χ1v) is 6.87. The second-order valence-electron chi connectivity index (χ2n) is 5.04. The Morgan fingerprint density at radius 3 is 2.38 bits per heavy atom. The Kier molecular flexibility index (Phi) is 6.55. The SMILES string of the molecule is Cc1cccc(C)c1[C@@H](C)NC(=O)N(CCO)CC(F)F. The summed E-state index contributed by atoms with van der Waals surface area (Å²) in [6.07, 6.45) is -2.63. The fraction of sp³-hybridized carbons (Fsp3) is 0.533. The van der Waals surface area contributed by atoms with Gasteiger partial charge in [0.25, 0.3) is 6.43 Å². The van der Waals surface area contributed by atoms with Crippen molar-refractivity contribution >= 4 is 6.03 Å². The minimum atomic E-state index is -2.63. The van der Waals surface area contributed by atoms with E-state index in [1.165, 1.54) is 0 Å². The molecule has 0 aliphatic carbocycles. The Bertz CT molecular complexity index is 460. The zero-order valence-electron chi connectivity index (χ0n) is 12.6. The average molecular weight is 300 g/mol. The van der Waals surface area contributed by atoms with Crippen LogP contribution in [0.15, 0.2) is 18.2 Å². The van der Waals surface area contributed by atoms with Crippen LogP contribution in [0.1, 0.15) is 29.7 Å². The maximum Gasteiger partial charge on any atom is 0.318 e. The number of halogens is 2. The quantitative estimate of drug-likeness (QED) is 0.848. The van der Waals surface area contributed by atoms with Crippen LogP contribution in [-0.2, 0) is 0 Å². The zero-order chi connectivity index (χ0) is 16.0. The lowest BCUT2D eigenvalue weighted by Gasteiger charge is -2.25. The molecular weight excluding hydrogens is 278 g/mol. The van der Waals surface area contributed by atoms with Crippen molar-refractivity contribution in [3.05, 3.63) is 34.9 Å². The summed E-state index contributed by atoms with van der Waals surface area (Å²) in [5.74, 6) is 0. The van der Waals surface area contributed by atoms with Gasteiger partial charge >= 0.3 is 6.03 Å². The molecule has 0 aromatic heterocycles. The molecule has 0 radical (unpaired) electrons. The highest BCUT2D eigenvalue weighted by molar-refractivity contribution is 5.74. The van der Waals surface area contributed by atoms with Crippen LogP contribution >= 0.6 is 0 Å². The van der Waals surface area contributed by atoms with E-state index >= 15 is 0 Å². The van der Waals surface area contributed by atoms with E-state index in [1.54, 1.807) is 0 Å². The van der Waals surface area contributed by atoms with E-state index in [1.807, 2.05) is 39.0 Å². The van der Waals surface area contributed by atoms with Crippen LogP contribution in [0.3, 0.4) is 0 Å². The van der Waals surface area contributed by atoms with E-state index < -0.39 is 19.0 Å². The molecule has 2 amide bonds. The molecule has 2 N–H and O–H groups in total. The van der Waals surface area contributed by atoms with Crippen molar-refractivity contribution in [2.24, 2.45) is 0 Å². The third-order valence-electron chi connectivity index (χ3n) is 3.33. The Morgan fingerprint density at radius 2 is 1.90 bits per heavy atom. The summed E-state index contributed by atoms with van der Waals surface area (Å²) in [6.45, 7) is 4.54. The fourth-order valence-corrected chi connectivity index (χ4v) is 2.42. The number of hydrogen-bond acceptors (Lipinski definition) is 2. The Labute approximate surface area is 123 Å². The molecule has 0 unspecified atom stereocenters. The van der Waals surface area contributed by atoms with Crippen molar-refractivity contribution in [1.29, 1.82) is 0 Å². The predicted molar refractivity (Wildman–Crippen MR) is 77.5 cm³/mol. The fourth-order valence-electron chi connectivity index (χ4n) is 2.42. The molecule has 0 heterocycles. The van der Waals surface area contributed by atoms with Gasteiger partial charge in [0.15, 0.2) is 0 Å². The molecule has 1 aromatic carbocycles. The topological polar surface area (TPSA) is 52.6 Å². The molecule has 0 aliphatic rings. The smallest absolute Gasteiger partial charge is 0.318 e. The number of carbonyl (C=O) groups is 1. The highest BCUT2D eigenvalue weighted by Gasteiger charge is 2.20. The van der Waals surface area contributed by atoms with Crippen LogP contribution in [0.4, 0.5) is 13.6 Å². The Morgan fingerprint density at radius 1 is 1.33 bits per heavy atom. The van der Waals surface area contributed by atoms with Gasteiger partial charge in [0, 0.05) is 6.54 Å². The minimum Gasteiger partial charge on any atom is -0.395 e. The molecule has 0 saturated carbocycles. The molecule has 4 nitrogen and oxygen atoms in total. The average Bonchev–Trinajstić information content (AvgIpc) is 2.37. The van der Waals surface area contributed by atoms with Gasteiger partial charge in [0.1, 0.15) is 0 Å². The number of nitrogens with one attached hydrogen (secondary N) is 1. The van der Waals surface area contributed by atoms with E-state index in [9.17, 15) is 13.6 Å². The molecule has 0 saturated heterocycles. The number of alkyl halides is 2. The first-order valence-electron chi connectivity index (χ1n) is 6.87. The monoisotopic (exact) mass is 300 g/mol. The summed E-state index contributed by atoms with van der Waals surface area (Å²) in [5, 5.41) is 11.6. The van der Waals surface area contributed by atoms with Crippen molar-refractivity contribution in [3.8, 4) is 0 Å². The molecule has 1 aromatic rings. The predicted octanol–water partition coefficient (Wildman–Crippen LogP) is 2.63. The van der Waals surface area contributed by atoms with Crippen LogP contribution in [-0.4, -0.2) is 42.2 Å². The number of carbonyl (C=O) groups excluding carboxylic acids is 1. The van der Waals surface area contributed by atoms with E-state index in [0.29, 0.717) is 0 Å². The van der Waals surface area contributed by atoms with Gasteiger partial charge in [-0.05, 0) is 37.5 Å². The summed E-state index contributed by atoms with van der Waals surface area (Å²) in [5.41, 5.74) is 3.04. The Hall–Kier alpha value is -1.69. The molecule has 6 heteroatoms. The highest BCUT2D eigenvalue weighted by atomic mass is 19.3. The summed E-state index contributed by atoms with van der Waals surface area (Å²) < 4.78 is 24.9. The molecule has 0 aliphatic heterocycles. The van der Waals surface area contributed by atoms with Gasteiger partial charge in [0.2, 0.25) is 0 Å². The summed E-state index contributed by atoms with van der Waals surface area (Å²) in [4.78, 5) is 13.0. The van der Waals surface area contributed by atoms with Gasteiger partial charge < -0.3 is 15.3 Å². The summed E-state index contributed by atoms with van der Waals surface area (Å²) >= 11 is 0. The summed E-state index contributed by atoms with van der Waals surface area (Å²) in [7, 11) is 0. The van der Waals surface area contributed by atoms with Crippen LogP contribution in [0.5, 0.6) is 0 Å². The molecule has 0 fully saturated rings. The number of aliphatic hydroxyl groups is 1. The number of nitrogens with zero attached hydrogens (tertiary/aromatic N) is 1. The van der Waals surface area contributed by atoms with Crippen molar-refractivity contribution < 1.29 is 18.7 Å². The third-order valence-corrected chi connectivity index (χ3v) is 3.33. The number of urea groups is 1. The van der Waals surface area contributed by atoms with Gasteiger partial charge in [-0.2, -0.15) is 0 Å². The zero-order valence-corrected chi connectivity index (χ0v) is 12.6. The van der Waals surface area contributed by atoms with E-state index in [2.05, 4.69) is 5.32 Å². The van der Waals surface area contributed by atoms with Gasteiger partial charge in [-0.3, -0.25) is 0 Å². The van der Waals surface area contributed by atoms with Crippen LogP contribution < -0.4 is 5.32 Å². The molecule has 1 rings (SSSR count). The number of rotatable bonds is 6.